The van der Waals surface area contributed by atoms with Crippen LogP contribution in [0.15, 0.2) is 53.0 Å². The van der Waals surface area contributed by atoms with Gasteiger partial charge in [0.05, 0.1) is 17.6 Å². The van der Waals surface area contributed by atoms with Crippen LogP contribution in [0.25, 0.3) is 11.0 Å². The van der Waals surface area contributed by atoms with Crippen LogP contribution in [-0.4, -0.2) is 21.9 Å². The van der Waals surface area contributed by atoms with E-state index in [9.17, 15) is 4.79 Å². The summed E-state index contributed by atoms with van der Waals surface area (Å²) in [5, 5.41) is 2.94. The molecule has 4 N–H and O–H groups in total. The molecule has 0 saturated carbocycles. The third kappa shape index (κ3) is 3.58. The van der Waals surface area contributed by atoms with Crippen molar-refractivity contribution in [2.24, 2.45) is 0 Å². The molecule has 1 aliphatic rings. The van der Waals surface area contributed by atoms with Crippen LogP contribution in [0.5, 0.6) is 0 Å². The number of amides is 1. The lowest BCUT2D eigenvalue weighted by atomic mass is 10.0. The number of H-pyrrole nitrogens is 1. The number of carbonyl (C=O) groups excluding carboxylic acids is 1. The van der Waals surface area contributed by atoms with Crippen LogP contribution in [0.4, 0.5) is 0 Å². The molecule has 6 nitrogen and oxygen atoms in total. The van der Waals surface area contributed by atoms with Gasteiger partial charge >= 0.3 is 0 Å². The molecular formula is C18H18BrN5O. The van der Waals surface area contributed by atoms with E-state index >= 15 is 0 Å². The minimum atomic E-state index is -0.266. The van der Waals surface area contributed by atoms with Gasteiger partial charge in [-0.05, 0) is 36.2 Å². The molecule has 1 aliphatic heterocycles. The Morgan fingerprint density at radius 1 is 1.16 bits per heavy atom. The number of hydrogen-bond donors (Lipinski definition) is 4. The van der Waals surface area contributed by atoms with Crippen molar-refractivity contribution in [2.45, 2.75) is 25.0 Å². The summed E-state index contributed by atoms with van der Waals surface area (Å²) in [6, 6.07) is 15.8. The normalized spacial score (nSPS) is 20.0. The maximum atomic E-state index is 12.4. The highest BCUT2D eigenvalue weighted by molar-refractivity contribution is 9.10. The number of hydrazine groups is 1. The van der Waals surface area contributed by atoms with E-state index in [2.05, 4.69) is 54.2 Å². The predicted molar refractivity (Wildman–Crippen MR) is 99.5 cm³/mol. The Hall–Kier alpha value is -2.22. The Labute approximate surface area is 153 Å². The zero-order chi connectivity index (χ0) is 17.2. The maximum Gasteiger partial charge on any atom is 0.238 e. The molecular weight excluding hydrogens is 382 g/mol. The molecule has 2 aromatic carbocycles. The number of benzene rings is 2. The smallest absolute Gasteiger partial charge is 0.238 e. The molecule has 1 amide bonds. The van der Waals surface area contributed by atoms with Crippen molar-refractivity contribution in [3.63, 3.8) is 0 Å². The van der Waals surface area contributed by atoms with Gasteiger partial charge < -0.3 is 10.3 Å². The molecule has 128 valence electrons. The average molecular weight is 400 g/mol. The van der Waals surface area contributed by atoms with Crippen molar-refractivity contribution < 1.29 is 4.79 Å². The Morgan fingerprint density at radius 3 is 2.76 bits per heavy atom. The molecule has 1 fully saturated rings. The van der Waals surface area contributed by atoms with Crippen molar-refractivity contribution in [3.05, 3.63) is 64.4 Å². The number of nitrogens with one attached hydrogen (secondary N) is 4. The fraction of sp³-hybridized carbons (Fsp3) is 0.222. The molecule has 0 spiro atoms. The number of fused-ring (bicyclic) bond motifs is 1. The molecule has 0 aliphatic carbocycles. The molecule has 0 bridgehead atoms. The summed E-state index contributed by atoms with van der Waals surface area (Å²) >= 11 is 3.44. The van der Waals surface area contributed by atoms with Crippen LogP contribution in [0, 0.1) is 0 Å². The fourth-order valence-corrected chi connectivity index (χ4v) is 3.29. The first kappa shape index (κ1) is 16.3. The largest absolute Gasteiger partial charge is 0.347 e. The average Bonchev–Trinajstić information content (AvgIpc) is 3.27. The lowest BCUT2D eigenvalue weighted by Gasteiger charge is -2.10. The van der Waals surface area contributed by atoms with E-state index in [1.54, 1.807) is 0 Å². The van der Waals surface area contributed by atoms with Crippen molar-refractivity contribution in [2.75, 3.05) is 0 Å². The molecule has 2 heterocycles. The molecule has 7 heteroatoms. The third-order valence-electron chi connectivity index (χ3n) is 4.36. The van der Waals surface area contributed by atoms with E-state index in [-0.39, 0.29) is 18.0 Å². The van der Waals surface area contributed by atoms with Crippen LogP contribution in [0.1, 0.15) is 23.9 Å². The van der Waals surface area contributed by atoms with Crippen LogP contribution in [0.2, 0.25) is 0 Å². The second-order valence-corrected chi connectivity index (χ2v) is 7.02. The summed E-state index contributed by atoms with van der Waals surface area (Å²) < 4.78 is 1.04. The van der Waals surface area contributed by atoms with Gasteiger partial charge in [0.2, 0.25) is 5.91 Å². The van der Waals surface area contributed by atoms with Crippen molar-refractivity contribution in [1.82, 2.24) is 26.1 Å². The Bertz CT molecular complexity index is 859. The van der Waals surface area contributed by atoms with E-state index in [1.165, 1.54) is 0 Å². The van der Waals surface area contributed by atoms with E-state index in [0.717, 1.165) is 26.9 Å². The molecule has 4 rings (SSSR count). The summed E-state index contributed by atoms with van der Waals surface area (Å²) in [5.41, 5.74) is 9.31. The lowest BCUT2D eigenvalue weighted by Crippen LogP contribution is -2.43. The van der Waals surface area contributed by atoms with Gasteiger partial charge in [0.15, 0.2) is 0 Å². The minimum Gasteiger partial charge on any atom is -0.347 e. The van der Waals surface area contributed by atoms with Gasteiger partial charge in [-0.25, -0.2) is 15.8 Å². The van der Waals surface area contributed by atoms with E-state index < -0.39 is 0 Å². The van der Waals surface area contributed by atoms with Crippen molar-refractivity contribution in [1.29, 1.82) is 0 Å². The molecule has 2 atom stereocenters. The summed E-state index contributed by atoms with van der Waals surface area (Å²) in [6.45, 7) is 0.384. The molecule has 1 aromatic heterocycles. The second-order valence-electron chi connectivity index (χ2n) is 6.10. The van der Waals surface area contributed by atoms with E-state index in [1.807, 2.05) is 36.4 Å². The SMILES string of the molecule is O=C(NCc1nc2ccccc2[nH]1)C1CC(c2ccc(Br)cc2)NN1. The van der Waals surface area contributed by atoms with Crippen molar-refractivity contribution >= 4 is 32.9 Å². The summed E-state index contributed by atoms with van der Waals surface area (Å²) in [5.74, 6) is 0.720. The molecule has 0 radical (unpaired) electrons. The quantitative estimate of drug-likeness (QED) is 0.543. The number of aromatic amines is 1. The van der Waals surface area contributed by atoms with Gasteiger partial charge in [0.1, 0.15) is 11.9 Å². The Morgan fingerprint density at radius 2 is 1.96 bits per heavy atom. The lowest BCUT2D eigenvalue weighted by molar-refractivity contribution is -0.123. The Kier molecular flexibility index (Phi) is 4.52. The number of hydrogen-bond acceptors (Lipinski definition) is 4. The summed E-state index contributed by atoms with van der Waals surface area (Å²) in [6.07, 6.45) is 0.702. The highest BCUT2D eigenvalue weighted by Crippen LogP contribution is 2.23. The van der Waals surface area contributed by atoms with Gasteiger partial charge in [0.25, 0.3) is 0 Å². The van der Waals surface area contributed by atoms with Gasteiger partial charge in [-0.2, -0.15) is 0 Å². The van der Waals surface area contributed by atoms with E-state index in [4.69, 9.17) is 0 Å². The first-order valence-electron chi connectivity index (χ1n) is 8.17. The fourth-order valence-electron chi connectivity index (χ4n) is 3.03. The summed E-state index contributed by atoms with van der Waals surface area (Å²) in [7, 11) is 0. The molecule has 1 saturated heterocycles. The van der Waals surface area contributed by atoms with Gasteiger partial charge in [0, 0.05) is 10.5 Å². The highest BCUT2D eigenvalue weighted by Gasteiger charge is 2.29. The van der Waals surface area contributed by atoms with Crippen LogP contribution < -0.4 is 16.2 Å². The second kappa shape index (κ2) is 6.95. The molecule has 25 heavy (non-hydrogen) atoms. The first-order chi connectivity index (χ1) is 12.2. The minimum absolute atomic E-state index is 0.0347. The van der Waals surface area contributed by atoms with E-state index in [0.29, 0.717) is 13.0 Å². The number of carbonyl (C=O) groups is 1. The predicted octanol–water partition coefficient (Wildman–Crippen LogP) is 2.55. The number of rotatable bonds is 4. The van der Waals surface area contributed by atoms with Gasteiger partial charge in [-0.3, -0.25) is 4.79 Å². The Balaban J connectivity index is 1.34. The van der Waals surface area contributed by atoms with Gasteiger partial charge in [-0.1, -0.05) is 40.2 Å². The number of nitrogens with zero attached hydrogens (tertiary/aromatic N) is 1. The maximum absolute atomic E-state index is 12.4. The van der Waals surface area contributed by atoms with Crippen LogP contribution in [-0.2, 0) is 11.3 Å². The zero-order valence-corrected chi connectivity index (χ0v) is 15.0. The molecule has 2 unspecified atom stereocenters. The van der Waals surface area contributed by atoms with Gasteiger partial charge in [-0.15, -0.1) is 0 Å². The highest BCUT2D eigenvalue weighted by atomic mass is 79.9. The number of aromatic nitrogens is 2. The number of para-hydroxylation sites is 2. The third-order valence-corrected chi connectivity index (χ3v) is 4.89. The molecule has 3 aromatic rings. The topological polar surface area (TPSA) is 81.8 Å². The number of halogens is 1. The van der Waals surface area contributed by atoms with Crippen molar-refractivity contribution in [3.8, 4) is 0 Å². The summed E-state index contributed by atoms with van der Waals surface area (Å²) in [4.78, 5) is 20.1. The first-order valence-corrected chi connectivity index (χ1v) is 8.96. The van der Waals surface area contributed by atoms with Crippen LogP contribution in [0.3, 0.4) is 0 Å². The van der Waals surface area contributed by atoms with Crippen LogP contribution >= 0.6 is 15.9 Å². The monoisotopic (exact) mass is 399 g/mol. The standard InChI is InChI=1S/C18H18BrN5O/c19-12-7-5-11(6-8-12)15-9-16(24-23-15)18(25)20-10-17-21-13-3-1-2-4-14(13)22-17/h1-8,15-16,23-24H,9-10H2,(H,20,25)(H,21,22). The zero-order valence-electron chi connectivity index (χ0n) is 13.4. The number of imidazole rings is 1.